The van der Waals surface area contributed by atoms with E-state index in [1.807, 2.05) is 42.5 Å². The van der Waals surface area contributed by atoms with Crippen molar-refractivity contribution in [3.63, 3.8) is 0 Å². The SMILES string of the molecule is CCN1CC(Oc2ccc(CC3c4ccc(O)cc4CC4(CC4)N3C(=O)c3ccccc3)cc2)C1. The average Bonchev–Trinajstić information content (AvgIpc) is 3.61. The fourth-order valence-electron chi connectivity index (χ4n) is 5.79. The van der Waals surface area contributed by atoms with Gasteiger partial charge in [0.15, 0.2) is 0 Å². The number of phenolic OH excluding ortho intramolecular Hbond substituents is 1. The quantitative estimate of drug-likeness (QED) is 0.554. The second-order valence-electron chi connectivity index (χ2n) is 10.3. The summed E-state index contributed by atoms with van der Waals surface area (Å²) in [5.41, 5.74) is 4.05. The largest absolute Gasteiger partial charge is 0.508 e. The Morgan fingerprint density at radius 3 is 2.46 bits per heavy atom. The zero-order valence-corrected chi connectivity index (χ0v) is 20.2. The van der Waals surface area contributed by atoms with Crippen LogP contribution in [0.15, 0.2) is 72.8 Å². The molecule has 2 fully saturated rings. The second kappa shape index (κ2) is 8.72. The monoisotopic (exact) mass is 468 g/mol. The molecule has 1 unspecified atom stereocenters. The molecule has 1 atom stereocenters. The maximum atomic E-state index is 13.9. The van der Waals surface area contributed by atoms with Crippen LogP contribution in [0.3, 0.4) is 0 Å². The van der Waals surface area contributed by atoms with Crippen molar-refractivity contribution in [3.8, 4) is 11.5 Å². The van der Waals surface area contributed by atoms with Gasteiger partial charge in [0, 0.05) is 24.2 Å². The smallest absolute Gasteiger partial charge is 0.254 e. The van der Waals surface area contributed by atoms with Crippen LogP contribution >= 0.6 is 0 Å². The Hall–Kier alpha value is -3.31. The van der Waals surface area contributed by atoms with Crippen molar-refractivity contribution in [2.75, 3.05) is 19.6 Å². The van der Waals surface area contributed by atoms with Gasteiger partial charge in [-0.1, -0.05) is 43.3 Å². The van der Waals surface area contributed by atoms with Gasteiger partial charge >= 0.3 is 0 Å². The molecule has 0 radical (unpaired) electrons. The number of fused-ring (bicyclic) bond motifs is 1. The molecule has 1 saturated heterocycles. The molecule has 0 bridgehead atoms. The fraction of sp³-hybridized carbons (Fsp3) is 0.367. The molecule has 180 valence electrons. The van der Waals surface area contributed by atoms with Gasteiger partial charge in [-0.2, -0.15) is 0 Å². The Morgan fingerprint density at radius 2 is 1.77 bits per heavy atom. The number of likely N-dealkylation sites (N-methyl/N-ethyl adjacent to an activating group) is 1. The predicted molar refractivity (Wildman–Crippen MR) is 136 cm³/mol. The van der Waals surface area contributed by atoms with Crippen molar-refractivity contribution < 1.29 is 14.6 Å². The fourth-order valence-corrected chi connectivity index (χ4v) is 5.79. The molecule has 3 aromatic rings. The lowest BCUT2D eigenvalue weighted by Crippen LogP contribution is -2.53. The number of amides is 1. The molecule has 35 heavy (non-hydrogen) atoms. The van der Waals surface area contributed by atoms with Crippen LogP contribution in [0.2, 0.25) is 0 Å². The Bertz CT molecular complexity index is 1210. The minimum Gasteiger partial charge on any atom is -0.508 e. The van der Waals surface area contributed by atoms with E-state index in [4.69, 9.17) is 4.74 Å². The van der Waals surface area contributed by atoms with Crippen LogP contribution in [0.4, 0.5) is 0 Å². The summed E-state index contributed by atoms with van der Waals surface area (Å²) in [6.45, 7) is 5.22. The minimum atomic E-state index is -0.156. The van der Waals surface area contributed by atoms with Crippen LogP contribution in [0.25, 0.3) is 0 Å². The van der Waals surface area contributed by atoms with E-state index >= 15 is 0 Å². The molecule has 1 spiro atoms. The molecular formula is C30H32N2O3. The van der Waals surface area contributed by atoms with E-state index < -0.39 is 0 Å². The number of ether oxygens (including phenoxy) is 1. The number of rotatable bonds is 6. The van der Waals surface area contributed by atoms with Gasteiger partial charge in [0.05, 0.1) is 6.04 Å². The lowest BCUT2D eigenvalue weighted by Gasteiger charge is -2.44. The number of likely N-dealkylation sites (tertiary alicyclic amines) is 1. The van der Waals surface area contributed by atoms with Gasteiger partial charge in [0.1, 0.15) is 17.6 Å². The summed E-state index contributed by atoms with van der Waals surface area (Å²) in [4.78, 5) is 18.4. The number of hydrogen-bond donors (Lipinski definition) is 1. The van der Waals surface area contributed by atoms with Crippen LogP contribution in [-0.2, 0) is 12.8 Å². The van der Waals surface area contributed by atoms with Crippen molar-refractivity contribution >= 4 is 5.91 Å². The van der Waals surface area contributed by atoms with Gasteiger partial charge in [-0.3, -0.25) is 9.69 Å². The van der Waals surface area contributed by atoms with E-state index in [1.54, 1.807) is 6.07 Å². The Morgan fingerprint density at radius 1 is 1.03 bits per heavy atom. The van der Waals surface area contributed by atoms with E-state index in [9.17, 15) is 9.90 Å². The molecule has 1 saturated carbocycles. The lowest BCUT2D eigenvalue weighted by molar-refractivity contribution is 0.0238. The molecule has 5 nitrogen and oxygen atoms in total. The standard InChI is InChI=1S/C30H32N2O3/c1-2-31-19-26(20-31)35-25-11-8-21(9-12-25)16-28-27-13-10-24(33)17-23(27)18-30(14-15-30)32(28)29(34)22-6-4-3-5-7-22/h3-13,17,26,28,33H,2,14-16,18-20H2,1H3. The van der Waals surface area contributed by atoms with Gasteiger partial charge in [0.25, 0.3) is 5.91 Å². The van der Waals surface area contributed by atoms with Crippen LogP contribution in [0.1, 0.15) is 52.9 Å². The summed E-state index contributed by atoms with van der Waals surface area (Å²) in [7, 11) is 0. The summed E-state index contributed by atoms with van der Waals surface area (Å²) in [6, 6.07) is 23.6. The first-order valence-corrected chi connectivity index (χ1v) is 12.7. The third-order valence-electron chi connectivity index (χ3n) is 7.92. The van der Waals surface area contributed by atoms with E-state index in [0.29, 0.717) is 5.75 Å². The zero-order chi connectivity index (χ0) is 24.0. The van der Waals surface area contributed by atoms with E-state index in [-0.39, 0.29) is 23.6 Å². The summed E-state index contributed by atoms with van der Waals surface area (Å²) >= 11 is 0. The van der Waals surface area contributed by atoms with Crippen LogP contribution in [0.5, 0.6) is 11.5 Å². The van der Waals surface area contributed by atoms with Crippen molar-refractivity contribution in [1.82, 2.24) is 9.80 Å². The van der Waals surface area contributed by atoms with Crippen LogP contribution in [-0.4, -0.2) is 52.1 Å². The summed E-state index contributed by atoms with van der Waals surface area (Å²) in [6.07, 6.45) is 3.80. The molecule has 1 aliphatic carbocycles. The molecular weight excluding hydrogens is 436 g/mol. The molecule has 2 aliphatic heterocycles. The highest BCUT2D eigenvalue weighted by Gasteiger charge is 2.55. The van der Waals surface area contributed by atoms with E-state index in [2.05, 4.69) is 41.0 Å². The Kier molecular flexibility index (Phi) is 5.53. The van der Waals surface area contributed by atoms with Gasteiger partial charge in [0.2, 0.25) is 0 Å². The minimum absolute atomic E-state index is 0.0777. The zero-order valence-electron chi connectivity index (χ0n) is 20.2. The molecule has 1 amide bonds. The molecule has 2 heterocycles. The first-order valence-electron chi connectivity index (χ1n) is 12.7. The predicted octanol–water partition coefficient (Wildman–Crippen LogP) is 4.99. The molecule has 3 aromatic carbocycles. The number of aromatic hydroxyl groups is 1. The van der Waals surface area contributed by atoms with Crippen molar-refractivity contribution in [3.05, 3.63) is 95.1 Å². The topological polar surface area (TPSA) is 53.0 Å². The number of benzene rings is 3. The molecule has 3 aliphatic rings. The van der Waals surface area contributed by atoms with Crippen LogP contribution < -0.4 is 4.74 Å². The lowest BCUT2D eigenvalue weighted by atomic mass is 9.83. The summed E-state index contributed by atoms with van der Waals surface area (Å²) in [5.74, 6) is 1.29. The maximum Gasteiger partial charge on any atom is 0.254 e. The molecule has 1 N–H and O–H groups in total. The Labute approximate surface area is 206 Å². The summed E-state index contributed by atoms with van der Waals surface area (Å²) in [5, 5.41) is 10.2. The Balaban J connectivity index is 1.29. The van der Waals surface area contributed by atoms with Gasteiger partial charge < -0.3 is 14.7 Å². The normalized spacial score (nSPS) is 20.8. The highest BCUT2D eigenvalue weighted by atomic mass is 16.5. The number of nitrogens with zero attached hydrogens (tertiary/aromatic N) is 2. The number of phenols is 1. The molecule has 5 heteroatoms. The first-order chi connectivity index (χ1) is 17.0. The maximum absolute atomic E-state index is 13.9. The van der Waals surface area contributed by atoms with Gasteiger partial charge in [-0.05, 0) is 85.3 Å². The molecule has 6 rings (SSSR count). The number of carbonyl (C=O) groups excluding carboxylic acids is 1. The van der Waals surface area contributed by atoms with Crippen molar-refractivity contribution in [2.45, 2.75) is 50.3 Å². The number of carbonyl (C=O) groups is 1. The number of hydrogen-bond acceptors (Lipinski definition) is 4. The molecule has 0 aromatic heterocycles. The highest BCUT2D eigenvalue weighted by molar-refractivity contribution is 5.95. The van der Waals surface area contributed by atoms with Crippen molar-refractivity contribution in [1.29, 1.82) is 0 Å². The first kappa shape index (κ1) is 22.2. The summed E-state index contributed by atoms with van der Waals surface area (Å²) < 4.78 is 6.12. The van der Waals surface area contributed by atoms with E-state index in [0.717, 1.165) is 67.8 Å². The second-order valence-corrected chi connectivity index (χ2v) is 10.3. The van der Waals surface area contributed by atoms with Crippen LogP contribution in [0, 0.1) is 0 Å². The average molecular weight is 469 g/mol. The van der Waals surface area contributed by atoms with Gasteiger partial charge in [-0.15, -0.1) is 0 Å². The third-order valence-corrected chi connectivity index (χ3v) is 7.92. The van der Waals surface area contributed by atoms with Crippen molar-refractivity contribution in [2.24, 2.45) is 0 Å². The van der Waals surface area contributed by atoms with Gasteiger partial charge in [-0.25, -0.2) is 0 Å². The third kappa shape index (κ3) is 4.19. The highest BCUT2D eigenvalue weighted by Crippen LogP contribution is 2.54. The van der Waals surface area contributed by atoms with E-state index in [1.165, 1.54) is 5.56 Å².